The van der Waals surface area contributed by atoms with Crippen LogP contribution in [-0.2, 0) is 0 Å². The van der Waals surface area contributed by atoms with Crippen LogP contribution in [0.15, 0.2) is 30.3 Å². The molecule has 0 spiro atoms. The Hall–Kier alpha value is -0.681. The summed E-state index contributed by atoms with van der Waals surface area (Å²) in [5.41, 5.74) is 1.15. The summed E-state index contributed by atoms with van der Waals surface area (Å²) in [6.45, 7) is 0. The Morgan fingerprint density at radius 2 is 1.68 bits per heavy atom. The van der Waals surface area contributed by atoms with Gasteiger partial charge in [-0.25, -0.2) is 0 Å². The molecule has 0 aliphatic heterocycles. The van der Waals surface area contributed by atoms with E-state index in [1.54, 1.807) is 17.1 Å². The summed E-state index contributed by atoms with van der Waals surface area (Å²) in [5.74, 6) is 1.70. The van der Waals surface area contributed by atoms with Crippen molar-refractivity contribution < 1.29 is 9.47 Å². The van der Waals surface area contributed by atoms with Crippen LogP contribution in [0.4, 0.5) is 0 Å². The fourth-order valence-corrected chi connectivity index (χ4v) is 8.21. The van der Waals surface area contributed by atoms with E-state index in [4.69, 9.17) is 9.47 Å². The first-order valence-electron chi connectivity index (χ1n) is 6.28. The molecule has 102 valence electrons. The quantitative estimate of drug-likeness (QED) is 0.744. The summed E-state index contributed by atoms with van der Waals surface area (Å²) in [4.78, 5) is 8.60. The van der Waals surface area contributed by atoms with E-state index >= 15 is 0 Å². The minimum absolute atomic E-state index is 0.826. The van der Waals surface area contributed by atoms with Crippen molar-refractivity contribution in [1.29, 1.82) is 0 Å². The average molecular weight is 383 g/mol. The maximum atomic E-state index is 5.48. The molecule has 0 saturated carbocycles. The SMILES string of the molecule is COc1ccc(-c2cc[c]([Sn]([CH3])([CH3])[CH3])s2)c(OC)c1. The van der Waals surface area contributed by atoms with Crippen molar-refractivity contribution in [3.05, 3.63) is 30.3 Å². The summed E-state index contributed by atoms with van der Waals surface area (Å²) >= 11 is -0.0568. The van der Waals surface area contributed by atoms with Crippen LogP contribution in [0.1, 0.15) is 0 Å². The number of rotatable bonds is 4. The molecule has 1 heterocycles. The molecular weight excluding hydrogens is 363 g/mol. The Kier molecular flexibility index (Phi) is 4.46. The molecule has 0 N–H and O–H groups in total. The normalized spacial score (nSPS) is 11.4. The summed E-state index contributed by atoms with van der Waals surface area (Å²) in [6, 6.07) is 10.5. The van der Waals surface area contributed by atoms with Gasteiger partial charge in [-0.05, 0) is 0 Å². The molecule has 2 rings (SSSR count). The van der Waals surface area contributed by atoms with Crippen LogP contribution in [0.5, 0.6) is 11.5 Å². The van der Waals surface area contributed by atoms with E-state index < -0.39 is 18.4 Å². The standard InChI is InChI=1S/C12H11O2S.3CH3.Sn/c1-13-9-5-6-10(11(8-9)14-2)12-4-3-7-15-12;;;;/h3-6,8H,1-2H3;3*1H3;. The molecule has 2 aromatic rings. The number of hydrogen-bond acceptors (Lipinski definition) is 3. The molecule has 1 aromatic heterocycles. The Bertz CT molecular complexity index is 570. The molecule has 2 nitrogen and oxygen atoms in total. The second-order valence-corrected chi connectivity index (χ2v) is 22.0. The first-order valence-corrected chi connectivity index (χ1v) is 17.1. The molecule has 19 heavy (non-hydrogen) atoms. The van der Waals surface area contributed by atoms with Gasteiger partial charge >= 0.3 is 123 Å². The average Bonchev–Trinajstić information content (AvgIpc) is 2.87. The molecule has 0 aliphatic carbocycles. The van der Waals surface area contributed by atoms with Gasteiger partial charge in [0.05, 0.1) is 0 Å². The second kappa shape index (κ2) is 5.75. The molecule has 0 radical (unpaired) electrons. The number of hydrogen-bond donors (Lipinski definition) is 0. The first kappa shape index (κ1) is 14.7. The van der Waals surface area contributed by atoms with E-state index in [9.17, 15) is 0 Å². The monoisotopic (exact) mass is 384 g/mol. The van der Waals surface area contributed by atoms with Crippen molar-refractivity contribution in [3.63, 3.8) is 0 Å². The van der Waals surface area contributed by atoms with Gasteiger partial charge in [0.2, 0.25) is 0 Å². The van der Waals surface area contributed by atoms with E-state index in [0.717, 1.165) is 17.1 Å². The van der Waals surface area contributed by atoms with Gasteiger partial charge in [-0.15, -0.1) is 0 Å². The third-order valence-electron chi connectivity index (χ3n) is 3.02. The maximum absolute atomic E-state index is 5.48. The van der Waals surface area contributed by atoms with Crippen molar-refractivity contribution in [1.82, 2.24) is 0 Å². The van der Waals surface area contributed by atoms with Crippen LogP contribution in [0, 0.1) is 0 Å². The second-order valence-electron chi connectivity index (χ2n) is 5.48. The number of methoxy groups -OCH3 is 2. The van der Waals surface area contributed by atoms with Crippen LogP contribution in [-0.4, -0.2) is 32.6 Å². The number of ether oxygens (including phenoxy) is 2. The molecule has 0 atom stereocenters. The van der Waals surface area contributed by atoms with E-state index in [0.29, 0.717) is 0 Å². The molecule has 0 bridgehead atoms. The third-order valence-corrected chi connectivity index (χ3v) is 13.6. The molecular formula is C15H20O2SSn. The summed E-state index contributed by atoms with van der Waals surface area (Å²) in [7, 11) is 3.38. The van der Waals surface area contributed by atoms with Gasteiger partial charge in [0, 0.05) is 0 Å². The Morgan fingerprint density at radius 1 is 0.947 bits per heavy atom. The summed E-state index contributed by atoms with van der Waals surface area (Å²) in [5, 5.41) is 0. The van der Waals surface area contributed by atoms with Crippen LogP contribution in [0.3, 0.4) is 0 Å². The van der Waals surface area contributed by atoms with E-state index in [-0.39, 0.29) is 0 Å². The predicted octanol–water partition coefficient (Wildman–Crippen LogP) is 3.98. The topological polar surface area (TPSA) is 18.5 Å². The van der Waals surface area contributed by atoms with E-state index in [2.05, 4.69) is 33.0 Å². The zero-order valence-electron chi connectivity index (χ0n) is 12.1. The van der Waals surface area contributed by atoms with Gasteiger partial charge < -0.3 is 0 Å². The molecule has 4 heteroatoms. The van der Waals surface area contributed by atoms with E-state index in [1.165, 1.54) is 4.88 Å². The fourth-order valence-electron chi connectivity index (χ4n) is 1.89. The molecule has 0 saturated heterocycles. The van der Waals surface area contributed by atoms with Crippen LogP contribution < -0.4 is 12.4 Å². The van der Waals surface area contributed by atoms with Gasteiger partial charge in [-0.1, -0.05) is 0 Å². The fraction of sp³-hybridized carbons (Fsp3) is 0.333. The minimum atomic E-state index is -1.97. The van der Waals surface area contributed by atoms with Gasteiger partial charge in [0.1, 0.15) is 0 Å². The third kappa shape index (κ3) is 3.26. The van der Waals surface area contributed by atoms with Crippen LogP contribution >= 0.6 is 11.3 Å². The van der Waals surface area contributed by atoms with Crippen LogP contribution in [0.25, 0.3) is 10.4 Å². The summed E-state index contributed by atoms with van der Waals surface area (Å²) < 4.78 is 12.3. The van der Waals surface area contributed by atoms with Gasteiger partial charge in [-0.2, -0.15) is 0 Å². The van der Waals surface area contributed by atoms with Crippen molar-refractivity contribution >= 4 is 32.6 Å². The Balaban J connectivity index is 2.44. The molecule has 0 amide bonds. The summed E-state index contributed by atoms with van der Waals surface area (Å²) in [6.07, 6.45) is 0. The van der Waals surface area contributed by atoms with E-state index in [1.807, 2.05) is 23.5 Å². The molecule has 0 aliphatic rings. The molecule has 1 aromatic carbocycles. The first-order chi connectivity index (χ1) is 8.95. The number of benzene rings is 1. The van der Waals surface area contributed by atoms with Gasteiger partial charge in [0.15, 0.2) is 0 Å². The predicted molar refractivity (Wildman–Crippen MR) is 85.8 cm³/mol. The number of thiophene rings is 1. The van der Waals surface area contributed by atoms with Crippen molar-refractivity contribution in [2.24, 2.45) is 0 Å². The Labute approximate surface area is 123 Å². The zero-order valence-corrected chi connectivity index (χ0v) is 15.8. The van der Waals surface area contributed by atoms with Gasteiger partial charge in [0.25, 0.3) is 0 Å². The van der Waals surface area contributed by atoms with Crippen molar-refractivity contribution in [2.75, 3.05) is 14.2 Å². The van der Waals surface area contributed by atoms with Crippen molar-refractivity contribution in [3.8, 4) is 21.9 Å². The zero-order chi connectivity index (χ0) is 14.0. The Morgan fingerprint density at radius 3 is 2.21 bits per heavy atom. The van der Waals surface area contributed by atoms with Crippen LogP contribution in [0.2, 0.25) is 14.8 Å². The molecule has 0 unspecified atom stereocenters. The molecule has 0 fully saturated rings. The van der Waals surface area contributed by atoms with Gasteiger partial charge in [-0.3, -0.25) is 0 Å². The van der Waals surface area contributed by atoms with Crippen molar-refractivity contribution in [2.45, 2.75) is 14.8 Å².